The number of aliphatic hydroxyl groups excluding tert-OH is 1. The van der Waals surface area contributed by atoms with Gasteiger partial charge in [0.2, 0.25) is 0 Å². The third-order valence-electron chi connectivity index (χ3n) is 13.9. The van der Waals surface area contributed by atoms with E-state index in [2.05, 4.69) is 94.8 Å². The van der Waals surface area contributed by atoms with Gasteiger partial charge in [-0.15, -0.1) is 0 Å². The summed E-state index contributed by atoms with van der Waals surface area (Å²) in [6.07, 6.45) is -1.39. The average Bonchev–Trinajstić information content (AvgIpc) is 3.75. The standard InChI is InChI=1S/C62H56N4O7/c1-36-28-38(3)55(39(4)29-36)51-27-18-42-14-15-44-32-43(57(64-59(44)58(42)63-51)56-40(5)30-37(2)31-41(56)6)16-17-45-34-66(61(69)65-60(45)68)54-33-52(67)53(73-54)35-72-62(46-12-10-9-11-13-46,47-19-23-49(70-7)24-20-47)48-21-25-50(71-8)26-22-48/h9-15,18-32,34,52-54,67H,33,35H2,1-8H3,(H,65,68,69)/t52-,53+,54+/m0/s1. The zero-order valence-corrected chi connectivity index (χ0v) is 42.2. The van der Waals surface area contributed by atoms with E-state index < -0.39 is 35.3 Å². The van der Waals surface area contributed by atoms with Crippen LogP contribution in [0.25, 0.3) is 44.3 Å². The van der Waals surface area contributed by atoms with Crippen molar-refractivity contribution in [1.82, 2.24) is 19.5 Å². The number of aromatic nitrogens is 4. The molecule has 3 atom stereocenters. The largest absolute Gasteiger partial charge is 0.497 e. The molecule has 0 aliphatic carbocycles. The highest BCUT2D eigenvalue weighted by atomic mass is 16.6. The van der Waals surface area contributed by atoms with Gasteiger partial charge in [0, 0.05) is 34.5 Å². The molecule has 1 aliphatic rings. The summed E-state index contributed by atoms with van der Waals surface area (Å²) in [7, 11) is 3.23. The van der Waals surface area contributed by atoms with Gasteiger partial charge in [0.25, 0.3) is 5.56 Å². The molecule has 3 aromatic heterocycles. The highest BCUT2D eigenvalue weighted by Gasteiger charge is 2.42. The summed E-state index contributed by atoms with van der Waals surface area (Å²) < 4.78 is 25.8. The van der Waals surface area contributed by atoms with Crippen LogP contribution in [0.1, 0.15) is 73.8 Å². The Hall–Kier alpha value is -8.14. The average molecular weight is 969 g/mol. The van der Waals surface area contributed by atoms with Crippen LogP contribution in [0.5, 0.6) is 11.5 Å². The number of aryl methyl sites for hydroxylation is 6. The topological polar surface area (TPSA) is 138 Å². The highest BCUT2D eigenvalue weighted by molar-refractivity contribution is 6.05. The molecule has 1 saturated heterocycles. The second-order valence-electron chi connectivity index (χ2n) is 19.0. The Morgan fingerprint density at radius 3 is 1.79 bits per heavy atom. The number of rotatable bonds is 11. The number of H-pyrrole nitrogens is 1. The molecule has 0 amide bonds. The van der Waals surface area contributed by atoms with Crippen LogP contribution in [0.15, 0.2) is 149 Å². The fourth-order valence-corrected chi connectivity index (χ4v) is 10.6. The van der Waals surface area contributed by atoms with E-state index in [9.17, 15) is 14.7 Å². The number of nitrogens with zero attached hydrogens (tertiary/aromatic N) is 3. The SMILES string of the molecule is COc1ccc(C(OC[C@H]2O[C@@H](n3cc(C#Cc4cc5ccc6ccc(-c7c(C)cc(C)cc7C)nc6c5nc4-c4c(C)cc(C)cc4C)c(=O)[nH]c3=O)C[C@@H]2O)(c2ccccc2)c2ccc(OC)cc2)cc1. The molecule has 1 fully saturated rings. The van der Waals surface area contributed by atoms with Crippen molar-refractivity contribution in [3.05, 3.63) is 222 Å². The summed E-state index contributed by atoms with van der Waals surface area (Å²) in [6, 6.07) is 44.0. The molecule has 0 saturated carbocycles. The first-order valence-electron chi connectivity index (χ1n) is 24.3. The molecule has 366 valence electrons. The smallest absolute Gasteiger partial charge is 0.330 e. The zero-order chi connectivity index (χ0) is 51.1. The van der Waals surface area contributed by atoms with Crippen LogP contribution in [-0.2, 0) is 15.1 Å². The number of aliphatic hydroxyl groups is 1. The predicted octanol–water partition coefficient (Wildman–Crippen LogP) is 10.9. The van der Waals surface area contributed by atoms with Gasteiger partial charge in [-0.1, -0.05) is 120 Å². The van der Waals surface area contributed by atoms with E-state index >= 15 is 0 Å². The van der Waals surface area contributed by atoms with E-state index in [0.29, 0.717) is 22.8 Å². The minimum absolute atomic E-state index is 0.0385. The van der Waals surface area contributed by atoms with Gasteiger partial charge in [-0.25, -0.2) is 14.8 Å². The molecule has 10 rings (SSSR count). The normalized spacial score (nSPS) is 15.6. The molecule has 9 aromatic rings. The van der Waals surface area contributed by atoms with Crippen molar-refractivity contribution in [3.63, 3.8) is 0 Å². The molecular formula is C62H56N4O7. The van der Waals surface area contributed by atoms with Crippen molar-refractivity contribution in [2.24, 2.45) is 0 Å². The Bertz CT molecular complexity index is 3670. The van der Waals surface area contributed by atoms with E-state index in [1.165, 1.54) is 16.3 Å². The quantitative estimate of drug-likeness (QED) is 0.0737. The van der Waals surface area contributed by atoms with Gasteiger partial charge in [-0.2, -0.15) is 0 Å². The Morgan fingerprint density at radius 1 is 0.658 bits per heavy atom. The fraction of sp³-hybridized carbons (Fsp3) is 0.226. The monoisotopic (exact) mass is 968 g/mol. The highest BCUT2D eigenvalue weighted by Crippen LogP contribution is 2.43. The minimum Gasteiger partial charge on any atom is -0.497 e. The number of nitrogens with one attached hydrogen (secondary N) is 1. The number of methoxy groups -OCH3 is 2. The van der Waals surface area contributed by atoms with Gasteiger partial charge in [-0.05, 0) is 117 Å². The van der Waals surface area contributed by atoms with Crippen LogP contribution in [-0.4, -0.2) is 57.7 Å². The van der Waals surface area contributed by atoms with Gasteiger partial charge >= 0.3 is 5.69 Å². The summed E-state index contributed by atoms with van der Waals surface area (Å²) in [5.41, 5.74) is 12.4. The molecule has 0 radical (unpaired) electrons. The number of hydrogen-bond acceptors (Lipinski definition) is 9. The van der Waals surface area contributed by atoms with Crippen LogP contribution >= 0.6 is 0 Å². The Kier molecular flexibility index (Phi) is 13.2. The van der Waals surface area contributed by atoms with Gasteiger partial charge in [0.1, 0.15) is 35.0 Å². The molecule has 1 aliphatic heterocycles. The number of ether oxygens (including phenoxy) is 4. The van der Waals surface area contributed by atoms with Crippen molar-refractivity contribution >= 4 is 21.8 Å². The maximum Gasteiger partial charge on any atom is 0.330 e. The third kappa shape index (κ3) is 9.21. The summed E-state index contributed by atoms with van der Waals surface area (Å²) in [5.74, 6) is 7.76. The number of pyridine rings is 2. The van der Waals surface area contributed by atoms with Crippen molar-refractivity contribution in [2.75, 3.05) is 20.8 Å². The predicted molar refractivity (Wildman–Crippen MR) is 286 cm³/mol. The minimum atomic E-state index is -1.17. The first-order chi connectivity index (χ1) is 35.2. The molecular weight excluding hydrogens is 913 g/mol. The lowest BCUT2D eigenvalue weighted by molar-refractivity contribution is -0.0944. The summed E-state index contributed by atoms with van der Waals surface area (Å²) in [6.45, 7) is 12.5. The van der Waals surface area contributed by atoms with Crippen molar-refractivity contribution < 1.29 is 24.1 Å². The summed E-state index contributed by atoms with van der Waals surface area (Å²) in [5, 5.41) is 13.4. The maximum atomic E-state index is 13.6. The van der Waals surface area contributed by atoms with Crippen molar-refractivity contribution in [1.29, 1.82) is 0 Å². The van der Waals surface area contributed by atoms with E-state index in [1.54, 1.807) is 14.2 Å². The molecule has 73 heavy (non-hydrogen) atoms. The fourth-order valence-electron chi connectivity index (χ4n) is 10.6. The Labute approximate surface area is 424 Å². The number of benzene rings is 6. The van der Waals surface area contributed by atoms with Crippen LogP contribution in [0, 0.1) is 53.4 Å². The van der Waals surface area contributed by atoms with Crippen molar-refractivity contribution in [3.8, 4) is 45.9 Å². The van der Waals surface area contributed by atoms with E-state index in [0.717, 1.165) is 83.1 Å². The van der Waals surface area contributed by atoms with Gasteiger partial charge in [-0.3, -0.25) is 14.3 Å². The first-order valence-corrected chi connectivity index (χ1v) is 24.3. The number of aromatic amines is 1. The van der Waals surface area contributed by atoms with Gasteiger partial charge in [0.05, 0.1) is 54.9 Å². The van der Waals surface area contributed by atoms with Gasteiger partial charge < -0.3 is 24.1 Å². The first kappa shape index (κ1) is 48.5. The molecule has 0 bridgehead atoms. The van der Waals surface area contributed by atoms with Crippen LogP contribution in [0.2, 0.25) is 0 Å². The number of fused-ring (bicyclic) bond motifs is 3. The van der Waals surface area contributed by atoms with Crippen LogP contribution in [0.3, 0.4) is 0 Å². The molecule has 2 N–H and O–H groups in total. The Balaban J connectivity index is 1.01. The zero-order valence-electron chi connectivity index (χ0n) is 42.2. The number of hydrogen-bond donors (Lipinski definition) is 2. The van der Waals surface area contributed by atoms with E-state index in [-0.39, 0.29) is 18.6 Å². The molecule has 4 heterocycles. The second-order valence-corrected chi connectivity index (χ2v) is 19.0. The second kappa shape index (κ2) is 19.8. The molecule has 0 spiro atoms. The molecule has 0 unspecified atom stereocenters. The van der Waals surface area contributed by atoms with E-state index in [4.69, 9.17) is 28.9 Å². The van der Waals surface area contributed by atoms with E-state index in [1.807, 2.05) is 97.1 Å². The molecule has 11 heteroatoms. The van der Waals surface area contributed by atoms with Crippen molar-refractivity contribution in [2.45, 2.75) is 72.0 Å². The lowest BCUT2D eigenvalue weighted by Gasteiger charge is -2.37. The lowest BCUT2D eigenvalue weighted by Crippen LogP contribution is -2.38. The maximum absolute atomic E-state index is 13.6. The van der Waals surface area contributed by atoms with Gasteiger partial charge in [0.15, 0.2) is 0 Å². The third-order valence-corrected chi connectivity index (χ3v) is 13.9. The summed E-state index contributed by atoms with van der Waals surface area (Å²) >= 11 is 0. The lowest BCUT2D eigenvalue weighted by atomic mass is 9.80. The molecule has 6 aromatic carbocycles. The van der Waals surface area contributed by atoms with Crippen LogP contribution in [0.4, 0.5) is 0 Å². The van der Waals surface area contributed by atoms with Crippen LogP contribution < -0.4 is 20.7 Å². The molecule has 11 nitrogen and oxygen atoms in total. The Morgan fingerprint density at radius 2 is 1.19 bits per heavy atom. The summed E-state index contributed by atoms with van der Waals surface area (Å²) in [4.78, 5) is 40.4.